The topological polar surface area (TPSA) is 59.0 Å². The van der Waals surface area contributed by atoms with Gasteiger partial charge in [0.25, 0.3) is 0 Å². The van der Waals surface area contributed by atoms with Gasteiger partial charge < -0.3 is 4.90 Å². The van der Waals surface area contributed by atoms with E-state index in [1.165, 1.54) is 6.42 Å². The number of rotatable bonds is 3. The van der Waals surface area contributed by atoms with Gasteiger partial charge in [0.15, 0.2) is 0 Å². The SMILES string of the molecule is CC(C)(C)c1ncc(-c2ccncc2)c(C2CCN(C(=O)C3CCC3)CC2)n1. The molecule has 1 saturated heterocycles. The standard InChI is InChI=1S/C23H30N4O/c1-23(2,3)22-25-15-19(16-7-11-24-12-8-16)20(26-22)17-9-13-27(14-10-17)21(28)18-5-4-6-18/h7-8,11-12,15,17-18H,4-6,9-10,13-14H2,1-3H3. The molecule has 1 aliphatic heterocycles. The van der Waals surface area contributed by atoms with Gasteiger partial charge in [-0.05, 0) is 43.4 Å². The fourth-order valence-electron chi connectivity index (χ4n) is 4.11. The predicted molar refractivity (Wildman–Crippen MR) is 110 cm³/mol. The van der Waals surface area contributed by atoms with E-state index in [4.69, 9.17) is 4.98 Å². The van der Waals surface area contributed by atoms with Crippen LogP contribution < -0.4 is 0 Å². The van der Waals surface area contributed by atoms with Crippen LogP contribution in [-0.2, 0) is 10.2 Å². The molecule has 2 aliphatic rings. The third-order valence-electron chi connectivity index (χ3n) is 6.13. The number of carbonyl (C=O) groups excluding carboxylic acids is 1. The molecule has 3 heterocycles. The van der Waals surface area contributed by atoms with E-state index in [-0.39, 0.29) is 11.3 Å². The summed E-state index contributed by atoms with van der Waals surface area (Å²) in [6.07, 6.45) is 10.9. The first-order valence-electron chi connectivity index (χ1n) is 10.5. The van der Waals surface area contributed by atoms with Crippen LogP contribution in [0.3, 0.4) is 0 Å². The second-order valence-electron chi connectivity index (χ2n) is 9.21. The van der Waals surface area contributed by atoms with Crippen molar-refractivity contribution in [3.05, 3.63) is 42.2 Å². The van der Waals surface area contributed by atoms with E-state index in [0.717, 1.165) is 61.4 Å². The van der Waals surface area contributed by atoms with Gasteiger partial charge in [0, 0.05) is 54.5 Å². The fraction of sp³-hybridized carbons (Fsp3) is 0.565. The summed E-state index contributed by atoms with van der Waals surface area (Å²) >= 11 is 0. The van der Waals surface area contributed by atoms with Crippen LogP contribution in [-0.4, -0.2) is 38.8 Å². The number of piperidine rings is 1. The number of carbonyl (C=O) groups is 1. The molecule has 4 rings (SSSR count). The maximum atomic E-state index is 12.6. The Hall–Kier alpha value is -2.30. The zero-order chi connectivity index (χ0) is 19.7. The summed E-state index contributed by atoms with van der Waals surface area (Å²) < 4.78 is 0. The summed E-state index contributed by atoms with van der Waals surface area (Å²) in [5, 5.41) is 0. The Balaban J connectivity index is 1.59. The Morgan fingerprint density at radius 3 is 2.32 bits per heavy atom. The monoisotopic (exact) mass is 378 g/mol. The Labute approximate surface area is 167 Å². The maximum absolute atomic E-state index is 12.6. The fourth-order valence-corrected chi connectivity index (χ4v) is 4.11. The van der Waals surface area contributed by atoms with Crippen molar-refractivity contribution in [1.29, 1.82) is 0 Å². The van der Waals surface area contributed by atoms with Crippen molar-refractivity contribution in [3.8, 4) is 11.1 Å². The van der Waals surface area contributed by atoms with Crippen molar-refractivity contribution in [2.45, 2.75) is 64.2 Å². The van der Waals surface area contributed by atoms with Gasteiger partial charge in [0.05, 0.1) is 5.69 Å². The van der Waals surface area contributed by atoms with E-state index in [1.54, 1.807) is 0 Å². The Kier molecular flexibility index (Phi) is 5.17. The lowest BCUT2D eigenvalue weighted by Crippen LogP contribution is -2.43. The number of aromatic nitrogens is 3. The number of likely N-dealkylation sites (tertiary alicyclic amines) is 1. The molecule has 0 atom stereocenters. The number of pyridine rings is 1. The lowest BCUT2D eigenvalue weighted by molar-refractivity contribution is -0.139. The molecular formula is C23H30N4O. The molecule has 5 nitrogen and oxygen atoms in total. The molecule has 2 aromatic rings. The van der Waals surface area contributed by atoms with Gasteiger partial charge in [-0.3, -0.25) is 9.78 Å². The number of hydrogen-bond acceptors (Lipinski definition) is 4. The molecule has 0 unspecified atom stereocenters. The summed E-state index contributed by atoms with van der Waals surface area (Å²) in [4.78, 5) is 28.5. The first-order valence-corrected chi connectivity index (χ1v) is 10.5. The summed E-state index contributed by atoms with van der Waals surface area (Å²) in [5.41, 5.74) is 3.24. The van der Waals surface area contributed by atoms with Crippen LogP contribution in [0.5, 0.6) is 0 Å². The molecular weight excluding hydrogens is 348 g/mol. The van der Waals surface area contributed by atoms with Crippen LogP contribution in [0.25, 0.3) is 11.1 Å². The quantitative estimate of drug-likeness (QED) is 0.797. The van der Waals surface area contributed by atoms with E-state index in [9.17, 15) is 4.79 Å². The van der Waals surface area contributed by atoms with Crippen molar-refractivity contribution in [3.63, 3.8) is 0 Å². The Bertz CT molecular complexity index is 831. The average molecular weight is 379 g/mol. The minimum atomic E-state index is -0.0909. The highest BCUT2D eigenvalue weighted by molar-refractivity contribution is 5.79. The molecule has 0 radical (unpaired) electrons. The second-order valence-corrected chi connectivity index (χ2v) is 9.21. The average Bonchev–Trinajstić information content (AvgIpc) is 2.66. The number of nitrogens with zero attached hydrogens (tertiary/aromatic N) is 4. The van der Waals surface area contributed by atoms with Crippen molar-refractivity contribution >= 4 is 5.91 Å². The molecule has 2 aromatic heterocycles. The van der Waals surface area contributed by atoms with Gasteiger partial charge in [-0.25, -0.2) is 9.97 Å². The minimum absolute atomic E-state index is 0.0909. The van der Waals surface area contributed by atoms with E-state index in [0.29, 0.717) is 11.8 Å². The largest absolute Gasteiger partial charge is 0.342 e. The summed E-state index contributed by atoms with van der Waals surface area (Å²) in [7, 11) is 0. The second kappa shape index (κ2) is 7.61. The van der Waals surface area contributed by atoms with E-state index >= 15 is 0 Å². The van der Waals surface area contributed by atoms with E-state index in [1.807, 2.05) is 30.7 Å². The van der Waals surface area contributed by atoms with Crippen LogP contribution in [0.15, 0.2) is 30.7 Å². The maximum Gasteiger partial charge on any atom is 0.225 e. The predicted octanol–water partition coefficient (Wildman–Crippen LogP) is 4.34. The Morgan fingerprint density at radius 1 is 1.07 bits per heavy atom. The molecule has 0 N–H and O–H groups in total. The third kappa shape index (κ3) is 3.80. The van der Waals surface area contributed by atoms with E-state index < -0.39 is 0 Å². The van der Waals surface area contributed by atoms with Crippen LogP contribution in [0, 0.1) is 5.92 Å². The Morgan fingerprint density at radius 2 is 1.75 bits per heavy atom. The van der Waals surface area contributed by atoms with Crippen molar-refractivity contribution in [1.82, 2.24) is 19.9 Å². The molecule has 1 aliphatic carbocycles. The first kappa shape index (κ1) is 19.0. The lowest BCUT2D eigenvalue weighted by Gasteiger charge is -2.37. The summed E-state index contributed by atoms with van der Waals surface area (Å²) in [6, 6.07) is 4.04. The van der Waals surface area contributed by atoms with Crippen LogP contribution in [0.1, 0.15) is 70.3 Å². The first-order chi connectivity index (χ1) is 13.4. The van der Waals surface area contributed by atoms with Gasteiger partial charge in [0.1, 0.15) is 5.82 Å². The van der Waals surface area contributed by atoms with Crippen molar-refractivity contribution < 1.29 is 4.79 Å². The van der Waals surface area contributed by atoms with Gasteiger partial charge in [-0.15, -0.1) is 0 Å². The normalized spacial score (nSPS) is 18.8. The van der Waals surface area contributed by atoms with E-state index in [2.05, 4.69) is 35.6 Å². The molecule has 2 fully saturated rings. The molecule has 1 saturated carbocycles. The molecule has 1 amide bonds. The summed E-state index contributed by atoms with van der Waals surface area (Å²) in [6.45, 7) is 8.13. The highest BCUT2D eigenvalue weighted by Gasteiger charge is 2.33. The zero-order valence-corrected chi connectivity index (χ0v) is 17.2. The van der Waals surface area contributed by atoms with Gasteiger partial charge in [0.2, 0.25) is 5.91 Å². The molecule has 5 heteroatoms. The summed E-state index contributed by atoms with van der Waals surface area (Å²) in [5.74, 6) is 1.90. The van der Waals surface area contributed by atoms with Gasteiger partial charge in [-0.1, -0.05) is 27.2 Å². The zero-order valence-electron chi connectivity index (χ0n) is 17.2. The molecule has 148 valence electrons. The molecule has 28 heavy (non-hydrogen) atoms. The number of amides is 1. The van der Waals surface area contributed by atoms with Gasteiger partial charge in [-0.2, -0.15) is 0 Å². The van der Waals surface area contributed by atoms with Crippen LogP contribution in [0.2, 0.25) is 0 Å². The van der Waals surface area contributed by atoms with Crippen molar-refractivity contribution in [2.24, 2.45) is 5.92 Å². The molecule has 0 aromatic carbocycles. The highest BCUT2D eigenvalue weighted by Crippen LogP contribution is 2.36. The minimum Gasteiger partial charge on any atom is -0.342 e. The van der Waals surface area contributed by atoms with Gasteiger partial charge >= 0.3 is 0 Å². The molecule has 0 bridgehead atoms. The smallest absolute Gasteiger partial charge is 0.225 e. The lowest BCUT2D eigenvalue weighted by atomic mass is 9.83. The van der Waals surface area contributed by atoms with Crippen LogP contribution >= 0.6 is 0 Å². The molecule has 0 spiro atoms. The van der Waals surface area contributed by atoms with Crippen LogP contribution in [0.4, 0.5) is 0 Å². The highest BCUT2D eigenvalue weighted by atomic mass is 16.2. The number of hydrogen-bond donors (Lipinski definition) is 0. The third-order valence-corrected chi connectivity index (χ3v) is 6.13. The van der Waals surface area contributed by atoms with Crippen molar-refractivity contribution in [2.75, 3.05) is 13.1 Å².